The Bertz CT molecular complexity index is 433. The summed E-state index contributed by atoms with van der Waals surface area (Å²) in [5.74, 6) is 0.945. The van der Waals surface area contributed by atoms with E-state index in [-0.39, 0.29) is 29.9 Å². The van der Waals surface area contributed by atoms with E-state index >= 15 is 0 Å². The predicted molar refractivity (Wildman–Crippen MR) is 108 cm³/mol. The monoisotopic (exact) mass is 449 g/mol. The summed E-state index contributed by atoms with van der Waals surface area (Å²) < 4.78 is 0. The molecule has 0 bridgehead atoms. The zero-order valence-electron chi connectivity index (χ0n) is 14.8. The Morgan fingerprint density at radius 3 is 2.46 bits per heavy atom. The Morgan fingerprint density at radius 2 is 1.79 bits per heavy atom. The van der Waals surface area contributed by atoms with E-state index in [0.29, 0.717) is 12.6 Å². The van der Waals surface area contributed by atoms with Crippen molar-refractivity contribution >= 4 is 35.8 Å². The SMILES string of the molecule is CN=C(NCC(=O)N1CCCC1)NC1CCN(C2CCCC2)C1.I. The number of nitrogens with zero attached hydrogens (tertiary/aromatic N) is 3. The van der Waals surface area contributed by atoms with Gasteiger partial charge in [0.05, 0.1) is 6.54 Å². The molecule has 0 radical (unpaired) electrons. The fourth-order valence-electron chi connectivity index (χ4n) is 4.13. The second kappa shape index (κ2) is 9.79. The van der Waals surface area contributed by atoms with Crippen molar-refractivity contribution in [2.75, 3.05) is 39.8 Å². The summed E-state index contributed by atoms with van der Waals surface area (Å²) in [6, 6.07) is 1.25. The van der Waals surface area contributed by atoms with Crippen molar-refractivity contribution in [3.05, 3.63) is 0 Å². The maximum absolute atomic E-state index is 12.1. The molecule has 0 aromatic heterocycles. The maximum atomic E-state index is 12.1. The van der Waals surface area contributed by atoms with Gasteiger partial charge < -0.3 is 15.5 Å². The molecule has 0 aromatic carbocycles. The lowest BCUT2D eigenvalue weighted by Crippen LogP contribution is -2.48. The van der Waals surface area contributed by atoms with Crippen molar-refractivity contribution in [2.45, 2.75) is 57.0 Å². The fourth-order valence-corrected chi connectivity index (χ4v) is 4.13. The topological polar surface area (TPSA) is 60.0 Å². The highest BCUT2D eigenvalue weighted by Gasteiger charge is 2.30. The summed E-state index contributed by atoms with van der Waals surface area (Å²) in [6.45, 7) is 4.45. The van der Waals surface area contributed by atoms with Gasteiger partial charge in [-0.25, -0.2) is 0 Å². The minimum Gasteiger partial charge on any atom is -0.352 e. The molecule has 2 aliphatic heterocycles. The molecule has 3 fully saturated rings. The zero-order valence-corrected chi connectivity index (χ0v) is 17.1. The van der Waals surface area contributed by atoms with Gasteiger partial charge in [0.1, 0.15) is 0 Å². The third-order valence-electron chi connectivity index (χ3n) is 5.49. The van der Waals surface area contributed by atoms with Crippen LogP contribution in [0, 0.1) is 0 Å². The van der Waals surface area contributed by atoms with Crippen LogP contribution in [0.3, 0.4) is 0 Å². The minimum absolute atomic E-state index is 0. The summed E-state index contributed by atoms with van der Waals surface area (Å²) in [6.07, 6.45) is 8.95. The highest BCUT2D eigenvalue weighted by molar-refractivity contribution is 14.0. The van der Waals surface area contributed by atoms with Gasteiger partial charge >= 0.3 is 0 Å². The number of amides is 1. The number of hydrogen-bond acceptors (Lipinski definition) is 3. The molecular formula is C17H32IN5O. The number of aliphatic imine (C=N–C) groups is 1. The molecule has 2 heterocycles. The molecule has 24 heavy (non-hydrogen) atoms. The normalized spacial score (nSPS) is 25.8. The van der Waals surface area contributed by atoms with E-state index in [1.54, 1.807) is 7.05 Å². The Balaban J connectivity index is 0.00000208. The van der Waals surface area contributed by atoms with Crippen molar-refractivity contribution in [3.8, 4) is 0 Å². The molecule has 2 saturated heterocycles. The molecule has 1 saturated carbocycles. The van der Waals surface area contributed by atoms with Gasteiger partial charge in [-0.2, -0.15) is 0 Å². The van der Waals surface area contributed by atoms with Crippen molar-refractivity contribution < 1.29 is 4.79 Å². The fraction of sp³-hybridized carbons (Fsp3) is 0.882. The van der Waals surface area contributed by atoms with E-state index in [4.69, 9.17) is 0 Å². The van der Waals surface area contributed by atoms with Gasteiger partial charge in [-0.1, -0.05) is 12.8 Å². The van der Waals surface area contributed by atoms with Gasteiger partial charge in [0, 0.05) is 45.3 Å². The van der Waals surface area contributed by atoms with Crippen LogP contribution < -0.4 is 10.6 Å². The van der Waals surface area contributed by atoms with E-state index < -0.39 is 0 Å². The molecule has 1 atom stereocenters. The molecule has 1 amide bonds. The molecule has 2 N–H and O–H groups in total. The van der Waals surface area contributed by atoms with Crippen molar-refractivity contribution in [1.82, 2.24) is 20.4 Å². The Hall–Kier alpha value is -0.570. The second-order valence-electron chi connectivity index (χ2n) is 7.08. The molecule has 0 spiro atoms. The number of nitrogens with one attached hydrogen (secondary N) is 2. The highest BCUT2D eigenvalue weighted by atomic mass is 127. The standard InChI is InChI=1S/C17H31N5O.HI/c1-18-17(19-12-16(23)21-9-4-5-10-21)20-14-8-11-22(13-14)15-6-2-3-7-15;/h14-15H,2-13H2,1H3,(H2,18,19,20);1H. The molecular weight excluding hydrogens is 417 g/mol. The summed E-state index contributed by atoms with van der Waals surface area (Å²) in [7, 11) is 1.78. The molecule has 3 aliphatic rings. The lowest BCUT2D eigenvalue weighted by Gasteiger charge is -2.24. The Kier molecular flexibility index (Phi) is 8.06. The van der Waals surface area contributed by atoms with Crippen LogP contribution in [0.4, 0.5) is 0 Å². The Labute approximate surface area is 162 Å². The summed E-state index contributed by atoms with van der Waals surface area (Å²) >= 11 is 0. The first-order valence-corrected chi connectivity index (χ1v) is 9.25. The van der Waals surface area contributed by atoms with E-state index in [1.807, 2.05) is 4.90 Å². The number of guanidine groups is 1. The van der Waals surface area contributed by atoms with Crippen LogP contribution in [0.1, 0.15) is 44.9 Å². The molecule has 1 unspecified atom stereocenters. The third kappa shape index (κ3) is 5.21. The van der Waals surface area contributed by atoms with Gasteiger partial charge in [-0.3, -0.25) is 14.7 Å². The molecule has 3 rings (SSSR count). The average Bonchev–Trinajstić information content (AvgIpc) is 3.32. The second-order valence-corrected chi connectivity index (χ2v) is 7.08. The van der Waals surface area contributed by atoms with Crippen molar-refractivity contribution in [3.63, 3.8) is 0 Å². The van der Waals surface area contributed by atoms with Crippen LogP contribution in [-0.4, -0.2) is 73.5 Å². The first kappa shape index (κ1) is 19.8. The van der Waals surface area contributed by atoms with Crippen LogP contribution in [0.2, 0.25) is 0 Å². The minimum atomic E-state index is 0. The predicted octanol–water partition coefficient (Wildman–Crippen LogP) is 1.41. The first-order valence-electron chi connectivity index (χ1n) is 9.25. The van der Waals surface area contributed by atoms with E-state index in [9.17, 15) is 4.79 Å². The van der Waals surface area contributed by atoms with Gasteiger partial charge in [0.25, 0.3) is 0 Å². The average molecular weight is 449 g/mol. The van der Waals surface area contributed by atoms with Gasteiger partial charge in [-0.15, -0.1) is 24.0 Å². The number of carbonyl (C=O) groups excluding carboxylic acids is 1. The lowest BCUT2D eigenvalue weighted by atomic mass is 10.2. The smallest absolute Gasteiger partial charge is 0.241 e. The van der Waals surface area contributed by atoms with Crippen LogP contribution in [0.15, 0.2) is 4.99 Å². The van der Waals surface area contributed by atoms with Gasteiger partial charge in [-0.05, 0) is 32.1 Å². The zero-order chi connectivity index (χ0) is 16.1. The molecule has 7 heteroatoms. The van der Waals surface area contributed by atoms with E-state index in [0.717, 1.165) is 50.9 Å². The van der Waals surface area contributed by atoms with Crippen LogP contribution in [0.25, 0.3) is 0 Å². The number of halogens is 1. The van der Waals surface area contributed by atoms with Gasteiger partial charge in [0.2, 0.25) is 5.91 Å². The largest absolute Gasteiger partial charge is 0.352 e. The summed E-state index contributed by atoms with van der Waals surface area (Å²) in [4.78, 5) is 21.0. The first-order chi connectivity index (χ1) is 11.3. The van der Waals surface area contributed by atoms with Crippen molar-refractivity contribution in [2.24, 2.45) is 4.99 Å². The van der Waals surface area contributed by atoms with Crippen LogP contribution in [0.5, 0.6) is 0 Å². The van der Waals surface area contributed by atoms with E-state index in [2.05, 4.69) is 20.5 Å². The number of carbonyl (C=O) groups is 1. The highest BCUT2D eigenvalue weighted by Crippen LogP contribution is 2.26. The number of likely N-dealkylation sites (tertiary alicyclic amines) is 2. The number of rotatable bonds is 4. The summed E-state index contributed by atoms with van der Waals surface area (Å²) in [5, 5.41) is 6.68. The molecule has 0 aromatic rings. The van der Waals surface area contributed by atoms with Crippen molar-refractivity contribution in [1.29, 1.82) is 0 Å². The van der Waals surface area contributed by atoms with E-state index in [1.165, 1.54) is 32.2 Å². The molecule has 6 nitrogen and oxygen atoms in total. The third-order valence-corrected chi connectivity index (χ3v) is 5.49. The Morgan fingerprint density at radius 1 is 1.08 bits per heavy atom. The lowest BCUT2D eigenvalue weighted by molar-refractivity contribution is -0.128. The molecule has 1 aliphatic carbocycles. The van der Waals surface area contributed by atoms with Gasteiger partial charge in [0.15, 0.2) is 5.96 Å². The van der Waals surface area contributed by atoms with Crippen LogP contribution in [-0.2, 0) is 4.79 Å². The van der Waals surface area contributed by atoms with Crippen LogP contribution >= 0.6 is 24.0 Å². The summed E-state index contributed by atoms with van der Waals surface area (Å²) in [5.41, 5.74) is 0. The molecule has 138 valence electrons. The number of hydrogen-bond donors (Lipinski definition) is 2. The maximum Gasteiger partial charge on any atom is 0.241 e. The quantitative estimate of drug-likeness (QED) is 0.387.